The van der Waals surface area contributed by atoms with E-state index in [-0.39, 0.29) is 11.0 Å². The molecular formula is C8H3ClN2O2. The van der Waals surface area contributed by atoms with Crippen LogP contribution in [-0.2, 0) is 0 Å². The van der Waals surface area contributed by atoms with Gasteiger partial charge in [-0.15, -0.1) is 0 Å². The molecule has 0 saturated heterocycles. The highest BCUT2D eigenvalue weighted by atomic mass is 35.5. The first-order chi connectivity index (χ1) is 6.19. The lowest BCUT2D eigenvalue weighted by atomic mass is 10.1. The van der Waals surface area contributed by atoms with Gasteiger partial charge in [0.15, 0.2) is 16.9 Å². The van der Waals surface area contributed by atoms with Gasteiger partial charge in [-0.1, -0.05) is 0 Å². The fraction of sp³-hybridized carbons (Fsp3) is 0.125. The van der Waals surface area contributed by atoms with Gasteiger partial charge in [0.25, 0.3) is 0 Å². The van der Waals surface area contributed by atoms with Gasteiger partial charge in [0, 0.05) is 0 Å². The number of hydrogen-bond acceptors (Lipinski definition) is 4. The summed E-state index contributed by atoms with van der Waals surface area (Å²) in [5, 5.41) is 16.8. The Labute approximate surface area is 78.9 Å². The van der Waals surface area contributed by atoms with Crippen LogP contribution in [0.1, 0.15) is 10.6 Å². The zero-order chi connectivity index (χ0) is 9.84. The zero-order valence-corrected chi connectivity index (χ0v) is 7.08. The van der Waals surface area contributed by atoms with Crippen LogP contribution < -0.4 is 0 Å². The third-order valence-corrected chi connectivity index (χ3v) is 1.54. The molecule has 5 heteroatoms. The monoisotopic (exact) mass is 194 g/mol. The number of halogens is 1. The Morgan fingerprint density at radius 2 is 2.08 bits per heavy atom. The zero-order valence-electron chi connectivity index (χ0n) is 6.32. The third-order valence-electron chi connectivity index (χ3n) is 1.34. The molecule has 64 valence electrons. The van der Waals surface area contributed by atoms with Gasteiger partial charge >= 0.3 is 0 Å². The number of rotatable bonds is 2. The number of furan rings is 1. The van der Waals surface area contributed by atoms with E-state index < -0.39 is 11.7 Å². The Bertz CT molecular complexity index is 397. The minimum absolute atomic E-state index is 0.0537. The van der Waals surface area contributed by atoms with Crippen LogP contribution in [0.2, 0.25) is 5.22 Å². The molecule has 0 aliphatic carbocycles. The number of carbonyl (C=O) groups is 1. The van der Waals surface area contributed by atoms with Gasteiger partial charge in [0.2, 0.25) is 5.78 Å². The summed E-state index contributed by atoms with van der Waals surface area (Å²) in [7, 11) is 0. The smallest absolute Gasteiger partial charge is 0.229 e. The minimum Gasteiger partial charge on any atom is -0.442 e. The molecule has 0 saturated carbocycles. The van der Waals surface area contributed by atoms with E-state index in [0.29, 0.717) is 0 Å². The average molecular weight is 195 g/mol. The molecule has 0 radical (unpaired) electrons. The van der Waals surface area contributed by atoms with Crippen LogP contribution in [0.25, 0.3) is 0 Å². The van der Waals surface area contributed by atoms with Crippen LogP contribution in [0, 0.1) is 28.6 Å². The Morgan fingerprint density at radius 3 is 2.46 bits per heavy atom. The summed E-state index contributed by atoms with van der Waals surface area (Å²) in [6, 6.07) is 5.79. The number of Topliss-reactive ketones (excluding diaryl/α,β-unsaturated/α-hetero) is 1. The molecule has 0 aliphatic rings. The summed E-state index contributed by atoms with van der Waals surface area (Å²) < 4.78 is 4.74. The molecule has 0 aromatic carbocycles. The molecule has 1 rings (SSSR count). The van der Waals surface area contributed by atoms with E-state index in [4.69, 9.17) is 26.5 Å². The molecule has 0 aliphatic heterocycles. The lowest BCUT2D eigenvalue weighted by Crippen LogP contribution is -2.09. The molecule has 0 amide bonds. The first-order valence-corrected chi connectivity index (χ1v) is 3.65. The van der Waals surface area contributed by atoms with Crippen LogP contribution in [0.3, 0.4) is 0 Å². The molecule has 1 aromatic rings. The third kappa shape index (κ3) is 1.87. The molecule has 0 N–H and O–H groups in total. The number of ketones is 1. The maximum atomic E-state index is 11.2. The van der Waals surface area contributed by atoms with Crippen molar-refractivity contribution in [3.8, 4) is 12.1 Å². The normalized spacial score (nSPS) is 9.23. The van der Waals surface area contributed by atoms with Crippen LogP contribution in [0.5, 0.6) is 0 Å². The highest BCUT2D eigenvalue weighted by Gasteiger charge is 2.21. The van der Waals surface area contributed by atoms with E-state index >= 15 is 0 Å². The summed E-state index contributed by atoms with van der Waals surface area (Å²) in [6.45, 7) is 0. The minimum atomic E-state index is -1.33. The fourth-order valence-electron chi connectivity index (χ4n) is 0.735. The predicted octanol–water partition coefficient (Wildman–Crippen LogP) is 1.78. The highest BCUT2D eigenvalue weighted by molar-refractivity contribution is 6.29. The Hall–Kier alpha value is -1.78. The van der Waals surface area contributed by atoms with E-state index in [9.17, 15) is 4.79 Å². The summed E-state index contributed by atoms with van der Waals surface area (Å²) in [5.41, 5.74) is 0. The maximum absolute atomic E-state index is 11.2. The largest absolute Gasteiger partial charge is 0.442 e. The molecule has 13 heavy (non-hydrogen) atoms. The van der Waals surface area contributed by atoms with Crippen molar-refractivity contribution >= 4 is 17.4 Å². The quantitative estimate of drug-likeness (QED) is 0.673. The van der Waals surface area contributed by atoms with E-state index in [1.165, 1.54) is 12.1 Å². The summed E-state index contributed by atoms with van der Waals surface area (Å²) >= 11 is 5.41. The number of nitriles is 2. The lowest BCUT2D eigenvalue weighted by molar-refractivity contribution is 0.0944. The van der Waals surface area contributed by atoms with Gasteiger partial charge in [-0.3, -0.25) is 4.79 Å². The van der Waals surface area contributed by atoms with Crippen LogP contribution in [0.4, 0.5) is 0 Å². The summed E-state index contributed by atoms with van der Waals surface area (Å²) in [4.78, 5) is 11.2. The molecule has 1 heterocycles. The van der Waals surface area contributed by atoms with E-state index in [0.717, 1.165) is 0 Å². The van der Waals surface area contributed by atoms with E-state index in [2.05, 4.69) is 0 Å². The van der Waals surface area contributed by atoms with Gasteiger partial charge in [0.1, 0.15) is 0 Å². The van der Waals surface area contributed by atoms with Crippen molar-refractivity contribution in [3.05, 3.63) is 23.1 Å². The van der Waals surface area contributed by atoms with Crippen LogP contribution in [0.15, 0.2) is 16.5 Å². The van der Waals surface area contributed by atoms with Crippen molar-refractivity contribution in [2.24, 2.45) is 5.92 Å². The second-order valence-electron chi connectivity index (χ2n) is 2.16. The van der Waals surface area contributed by atoms with Crippen LogP contribution >= 0.6 is 11.6 Å². The number of carbonyl (C=O) groups excluding carboxylic acids is 1. The molecule has 0 bridgehead atoms. The average Bonchev–Trinajstić information content (AvgIpc) is 2.54. The van der Waals surface area contributed by atoms with Gasteiger partial charge in [-0.25, -0.2) is 0 Å². The second-order valence-corrected chi connectivity index (χ2v) is 2.53. The first-order valence-electron chi connectivity index (χ1n) is 3.28. The van der Waals surface area contributed by atoms with Crippen molar-refractivity contribution in [2.45, 2.75) is 0 Å². The lowest BCUT2D eigenvalue weighted by Gasteiger charge is -1.93. The molecule has 0 fully saturated rings. The maximum Gasteiger partial charge on any atom is 0.229 e. The van der Waals surface area contributed by atoms with Crippen molar-refractivity contribution in [3.63, 3.8) is 0 Å². The van der Waals surface area contributed by atoms with Crippen LogP contribution in [-0.4, -0.2) is 5.78 Å². The Kier molecular flexibility index (Phi) is 2.69. The van der Waals surface area contributed by atoms with Gasteiger partial charge in [-0.05, 0) is 23.7 Å². The van der Waals surface area contributed by atoms with Crippen molar-refractivity contribution < 1.29 is 9.21 Å². The van der Waals surface area contributed by atoms with Crippen molar-refractivity contribution in [2.75, 3.05) is 0 Å². The molecular weight excluding hydrogens is 192 g/mol. The summed E-state index contributed by atoms with van der Waals surface area (Å²) in [6.07, 6.45) is 0. The van der Waals surface area contributed by atoms with E-state index in [1.54, 1.807) is 12.1 Å². The Morgan fingerprint density at radius 1 is 1.46 bits per heavy atom. The fourth-order valence-corrected chi connectivity index (χ4v) is 0.881. The van der Waals surface area contributed by atoms with Crippen molar-refractivity contribution in [1.29, 1.82) is 10.5 Å². The molecule has 4 nitrogen and oxygen atoms in total. The highest BCUT2D eigenvalue weighted by Crippen LogP contribution is 2.16. The molecule has 0 spiro atoms. The van der Waals surface area contributed by atoms with Gasteiger partial charge < -0.3 is 4.42 Å². The predicted molar refractivity (Wildman–Crippen MR) is 42.8 cm³/mol. The molecule has 1 aromatic heterocycles. The topological polar surface area (TPSA) is 77.8 Å². The second kappa shape index (κ2) is 3.75. The van der Waals surface area contributed by atoms with Gasteiger partial charge in [-0.2, -0.15) is 10.5 Å². The summed E-state index contributed by atoms with van der Waals surface area (Å²) in [5.74, 6) is -2.07. The number of nitrogens with zero attached hydrogens (tertiary/aromatic N) is 2. The molecule has 0 atom stereocenters. The van der Waals surface area contributed by atoms with Gasteiger partial charge in [0.05, 0.1) is 12.1 Å². The van der Waals surface area contributed by atoms with E-state index in [1.807, 2.05) is 0 Å². The van der Waals surface area contributed by atoms with Crippen molar-refractivity contribution in [1.82, 2.24) is 0 Å². The first kappa shape index (κ1) is 9.31. The standard InChI is InChI=1S/C8H3ClN2O2/c9-7-2-1-6(13-7)8(12)5(3-10)4-11/h1-2,5H. The molecule has 0 unspecified atom stereocenters. The SMILES string of the molecule is N#CC(C#N)C(=O)c1ccc(Cl)o1. The Balaban J connectivity index is 2.94. The number of hydrogen-bond donors (Lipinski definition) is 0.